The molecule has 0 radical (unpaired) electrons. The summed E-state index contributed by atoms with van der Waals surface area (Å²) in [6.07, 6.45) is -0.161. The van der Waals surface area contributed by atoms with Crippen LogP contribution in [0.5, 0.6) is 11.5 Å². The minimum Gasteiger partial charge on any atom is -0.492 e. The van der Waals surface area contributed by atoms with Crippen molar-refractivity contribution in [2.45, 2.75) is 27.2 Å². The van der Waals surface area contributed by atoms with Crippen molar-refractivity contribution in [2.75, 3.05) is 18.5 Å². The van der Waals surface area contributed by atoms with Gasteiger partial charge in [0.15, 0.2) is 0 Å². The summed E-state index contributed by atoms with van der Waals surface area (Å²) in [7, 11) is 0. The number of amides is 1. The fraction of sp³-hybridized carbons (Fsp3) is 0.429. The summed E-state index contributed by atoms with van der Waals surface area (Å²) in [4.78, 5) is 22.6. The molecule has 1 rings (SSSR count). The predicted octanol–water partition coefficient (Wildman–Crippen LogP) is 2.40. The van der Waals surface area contributed by atoms with Crippen molar-refractivity contribution in [1.82, 2.24) is 0 Å². The first-order chi connectivity index (χ1) is 9.08. The number of ether oxygens (including phenoxy) is 2. The third-order valence-electron chi connectivity index (χ3n) is 2.26. The predicted molar refractivity (Wildman–Crippen MR) is 72.7 cm³/mol. The number of carbonyl (C=O) groups excluding carboxylic acids is 2. The Morgan fingerprint density at radius 2 is 1.63 bits per heavy atom. The van der Waals surface area contributed by atoms with Crippen LogP contribution < -0.4 is 14.8 Å². The fourth-order valence-corrected chi connectivity index (χ4v) is 1.60. The van der Waals surface area contributed by atoms with E-state index in [4.69, 9.17) is 9.47 Å². The van der Waals surface area contributed by atoms with Crippen molar-refractivity contribution in [3.8, 4) is 11.5 Å². The minimum atomic E-state index is -0.374. The topological polar surface area (TPSA) is 64.6 Å². The fourth-order valence-electron chi connectivity index (χ4n) is 1.60. The smallest absolute Gasteiger partial charge is 0.232 e. The molecule has 5 heteroatoms. The third-order valence-corrected chi connectivity index (χ3v) is 2.26. The van der Waals surface area contributed by atoms with Gasteiger partial charge in [0.05, 0.1) is 19.6 Å². The van der Waals surface area contributed by atoms with E-state index in [9.17, 15) is 9.59 Å². The maximum Gasteiger partial charge on any atom is 0.232 e. The highest BCUT2D eigenvalue weighted by atomic mass is 16.5. The molecule has 0 aliphatic heterocycles. The van der Waals surface area contributed by atoms with Gasteiger partial charge in [-0.2, -0.15) is 0 Å². The van der Waals surface area contributed by atoms with Crippen molar-refractivity contribution < 1.29 is 19.1 Å². The average molecular weight is 265 g/mol. The Morgan fingerprint density at radius 1 is 1.11 bits per heavy atom. The van der Waals surface area contributed by atoms with E-state index >= 15 is 0 Å². The third kappa shape index (κ3) is 4.62. The quantitative estimate of drug-likeness (QED) is 0.769. The number of anilines is 1. The highest BCUT2D eigenvalue weighted by Gasteiger charge is 2.14. The van der Waals surface area contributed by atoms with Crippen LogP contribution in [0.1, 0.15) is 27.2 Å². The lowest BCUT2D eigenvalue weighted by Crippen LogP contribution is -2.16. The molecule has 19 heavy (non-hydrogen) atoms. The molecule has 0 heterocycles. The van der Waals surface area contributed by atoms with Crippen LogP contribution in [0.2, 0.25) is 0 Å². The molecule has 0 spiro atoms. The highest BCUT2D eigenvalue weighted by Crippen LogP contribution is 2.34. The second-order valence-corrected chi connectivity index (χ2v) is 3.92. The molecule has 0 aliphatic carbocycles. The van der Waals surface area contributed by atoms with Crippen LogP contribution >= 0.6 is 0 Å². The van der Waals surface area contributed by atoms with E-state index in [1.165, 1.54) is 6.92 Å². The number of rotatable bonds is 7. The molecule has 0 fully saturated rings. The molecule has 1 aromatic carbocycles. The molecule has 0 aromatic heterocycles. The number of para-hydroxylation sites is 1. The second-order valence-electron chi connectivity index (χ2n) is 3.92. The molecule has 0 saturated heterocycles. The Balaban J connectivity index is 2.99. The van der Waals surface area contributed by atoms with Gasteiger partial charge in [0.25, 0.3) is 0 Å². The maximum absolute atomic E-state index is 11.7. The zero-order valence-corrected chi connectivity index (χ0v) is 11.5. The molecular formula is C14H19NO4. The lowest BCUT2D eigenvalue weighted by atomic mass is 10.2. The van der Waals surface area contributed by atoms with Gasteiger partial charge in [-0.3, -0.25) is 9.59 Å². The molecule has 104 valence electrons. The van der Waals surface area contributed by atoms with E-state index in [0.717, 1.165) is 0 Å². The Labute approximate surface area is 112 Å². The van der Waals surface area contributed by atoms with Crippen molar-refractivity contribution in [3.05, 3.63) is 18.2 Å². The first-order valence-corrected chi connectivity index (χ1v) is 6.26. The number of benzene rings is 1. The Hall–Kier alpha value is -2.04. The van der Waals surface area contributed by atoms with Gasteiger partial charge in [0, 0.05) is 0 Å². The Kier molecular flexibility index (Phi) is 5.85. The van der Waals surface area contributed by atoms with Gasteiger partial charge in [-0.1, -0.05) is 6.07 Å². The molecule has 0 atom stereocenters. The zero-order valence-electron chi connectivity index (χ0n) is 11.5. The molecule has 1 aromatic rings. The van der Waals surface area contributed by atoms with Gasteiger partial charge < -0.3 is 14.8 Å². The SMILES string of the molecule is CCOc1cccc(OCC)c1NC(=O)CC(C)=O. The largest absolute Gasteiger partial charge is 0.492 e. The first-order valence-electron chi connectivity index (χ1n) is 6.26. The van der Waals surface area contributed by atoms with E-state index in [-0.39, 0.29) is 18.1 Å². The molecule has 0 unspecified atom stereocenters. The number of hydrogen-bond acceptors (Lipinski definition) is 4. The van der Waals surface area contributed by atoms with Crippen molar-refractivity contribution in [2.24, 2.45) is 0 Å². The zero-order chi connectivity index (χ0) is 14.3. The van der Waals surface area contributed by atoms with E-state index in [1.54, 1.807) is 18.2 Å². The average Bonchev–Trinajstić information content (AvgIpc) is 2.32. The summed E-state index contributed by atoms with van der Waals surface area (Å²) >= 11 is 0. The monoisotopic (exact) mass is 265 g/mol. The van der Waals surface area contributed by atoms with Crippen molar-refractivity contribution in [3.63, 3.8) is 0 Å². The van der Waals surface area contributed by atoms with E-state index in [2.05, 4.69) is 5.32 Å². The van der Waals surface area contributed by atoms with E-state index < -0.39 is 0 Å². The first kappa shape index (κ1) is 15.0. The van der Waals surface area contributed by atoms with Gasteiger partial charge in [-0.25, -0.2) is 0 Å². The lowest BCUT2D eigenvalue weighted by Gasteiger charge is -2.15. The number of hydrogen-bond donors (Lipinski definition) is 1. The molecule has 1 amide bonds. The normalized spacial score (nSPS) is 9.84. The van der Waals surface area contributed by atoms with E-state index in [0.29, 0.717) is 30.4 Å². The molecule has 0 saturated carbocycles. The minimum absolute atomic E-state index is 0.161. The van der Waals surface area contributed by atoms with Gasteiger partial charge in [-0.15, -0.1) is 0 Å². The molecule has 1 N–H and O–H groups in total. The number of ketones is 1. The number of nitrogens with one attached hydrogen (secondary N) is 1. The Morgan fingerprint density at radius 3 is 2.05 bits per heavy atom. The number of Topliss-reactive ketones (excluding diaryl/α,β-unsaturated/α-hetero) is 1. The highest BCUT2D eigenvalue weighted by molar-refractivity contribution is 6.04. The summed E-state index contributed by atoms with van der Waals surface area (Å²) in [5.74, 6) is 0.501. The van der Waals surface area contributed by atoms with Crippen LogP contribution in [0.25, 0.3) is 0 Å². The van der Waals surface area contributed by atoms with Gasteiger partial charge in [-0.05, 0) is 32.9 Å². The van der Waals surface area contributed by atoms with Crippen molar-refractivity contribution >= 4 is 17.4 Å². The van der Waals surface area contributed by atoms with Crippen LogP contribution in [0, 0.1) is 0 Å². The lowest BCUT2D eigenvalue weighted by molar-refractivity contribution is -0.124. The van der Waals surface area contributed by atoms with Crippen LogP contribution in [-0.4, -0.2) is 24.9 Å². The van der Waals surface area contributed by atoms with Gasteiger partial charge in [0.1, 0.15) is 23.0 Å². The summed E-state index contributed by atoms with van der Waals surface area (Å²) in [6.45, 7) is 6.04. The summed E-state index contributed by atoms with van der Waals surface area (Å²) in [6, 6.07) is 5.28. The number of carbonyl (C=O) groups is 2. The molecule has 0 bridgehead atoms. The van der Waals surface area contributed by atoms with Crippen LogP contribution in [0.15, 0.2) is 18.2 Å². The molecule has 0 aliphatic rings. The van der Waals surface area contributed by atoms with Crippen molar-refractivity contribution in [1.29, 1.82) is 0 Å². The summed E-state index contributed by atoms with van der Waals surface area (Å²) in [5.41, 5.74) is 0.470. The summed E-state index contributed by atoms with van der Waals surface area (Å²) < 4.78 is 10.9. The van der Waals surface area contributed by atoms with E-state index in [1.807, 2.05) is 13.8 Å². The summed E-state index contributed by atoms with van der Waals surface area (Å²) in [5, 5.41) is 2.67. The maximum atomic E-state index is 11.7. The second kappa shape index (κ2) is 7.41. The van der Waals surface area contributed by atoms with Crippen LogP contribution in [0.3, 0.4) is 0 Å². The molecular weight excluding hydrogens is 246 g/mol. The van der Waals surface area contributed by atoms with Gasteiger partial charge >= 0.3 is 0 Å². The standard InChI is InChI=1S/C14H19NO4/c1-4-18-11-7-6-8-12(19-5-2)14(11)15-13(17)9-10(3)16/h6-8H,4-5,9H2,1-3H3,(H,15,17). The van der Waals surface area contributed by atoms with Crippen LogP contribution in [-0.2, 0) is 9.59 Å². The van der Waals surface area contributed by atoms with Crippen LogP contribution in [0.4, 0.5) is 5.69 Å². The Bertz CT molecular complexity index is 433. The molecule has 5 nitrogen and oxygen atoms in total. The van der Waals surface area contributed by atoms with Gasteiger partial charge in [0.2, 0.25) is 5.91 Å².